The third-order valence-corrected chi connectivity index (χ3v) is 3.46. The van der Waals surface area contributed by atoms with Crippen molar-refractivity contribution in [2.75, 3.05) is 26.3 Å². The van der Waals surface area contributed by atoms with Gasteiger partial charge in [0.25, 0.3) is 0 Å². The summed E-state index contributed by atoms with van der Waals surface area (Å²) < 4.78 is 7.84. The van der Waals surface area contributed by atoms with Crippen molar-refractivity contribution >= 4 is 21.6 Å². The number of rotatable bonds is 2. The zero-order valence-corrected chi connectivity index (χ0v) is 11.2. The van der Waals surface area contributed by atoms with Gasteiger partial charge in [0.15, 0.2) is 11.9 Å². The van der Waals surface area contributed by atoms with Gasteiger partial charge in [-0.3, -0.25) is 9.30 Å². The predicted octanol–water partition coefficient (Wildman–Crippen LogP) is 0.815. The topological polar surface area (TPSA) is 62.9 Å². The Morgan fingerprint density at radius 3 is 2.83 bits per heavy atom. The molecule has 1 atom stereocenters. The van der Waals surface area contributed by atoms with Crippen LogP contribution in [0.15, 0.2) is 23.2 Å². The van der Waals surface area contributed by atoms with Crippen molar-refractivity contribution in [2.24, 2.45) is 0 Å². The molecule has 96 valence electrons. The molecule has 0 aromatic carbocycles. The molecule has 18 heavy (non-hydrogen) atoms. The van der Waals surface area contributed by atoms with Gasteiger partial charge >= 0.3 is 0 Å². The normalized spacial score (nSPS) is 19.2. The largest absolute Gasteiger partial charge is 0.379 e. The fourth-order valence-electron chi connectivity index (χ4n) is 2.08. The lowest BCUT2D eigenvalue weighted by Crippen LogP contribution is -2.39. The molecular formula is C11H13BrN4O2. The molecule has 3 rings (SSSR count). The number of hydrogen-bond acceptors (Lipinski definition) is 5. The molecule has 1 unspecified atom stereocenters. The summed E-state index contributed by atoms with van der Waals surface area (Å²) in [5, 5.41) is 10.4. The molecule has 0 spiro atoms. The van der Waals surface area contributed by atoms with Crippen molar-refractivity contribution in [1.82, 2.24) is 19.3 Å². The van der Waals surface area contributed by atoms with Crippen LogP contribution in [0, 0.1) is 0 Å². The van der Waals surface area contributed by atoms with Crippen LogP contribution >= 0.6 is 15.9 Å². The van der Waals surface area contributed by atoms with E-state index >= 15 is 0 Å². The van der Waals surface area contributed by atoms with Crippen LogP contribution in [0.5, 0.6) is 0 Å². The van der Waals surface area contributed by atoms with Gasteiger partial charge in [-0.25, -0.2) is 9.97 Å². The number of ether oxygens (including phenoxy) is 1. The molecule has 2 aromatic rings. The van der Waals surface area contributed by atoms with Crippen LogP contribution in [0.25, 0.3) is 5.65 Å². The maximum atomic E-state index is 10.4. The summed E-state index contributed by atoms with van der Waals surface area (Å²) in [6.07, 6.45) is 4.49. The Morgan fingerprint density at radius 2 is 2.06 bits per heavy atom. The fraction of sp³-hybridized carbons (Fsp3) is 0.455. The van der Waals surface area contributed by atoms with E-state index in [1.165, 1.54) is 0 Å². The molecule has 7 heteroatoms. The van der Waals surface area contributed by atoms with Crippen molar-refractivity contribution < 1.29 is 9.84 Å². The maximum absolute atomic E-state index is 10.4. The molecule has 0 aliphatic carbocycles. The molecule has 2 aromatic heterocycles. The van der Waals surface area contributed by atoms with Crippen LogP contribution < -0.4 is 0 Å². The standard InChI is InChI=1S/C11H13BrN4O2/c12-9-7-16-8(5-14-10(16)6-13-9)11(17)15-1-3-18-4-2-15/h5-7,11,17H,1-4H2. The molecule has 0 saturated carbocycles. The van der Waals surface area contributed by atoms with Gasteiger partial charge in [0.05, 0.1) is 31.3 Å². The Kier molecular flexibility index (Phi) is 3.29. The van der Waals surface area contributed by atoms with Crippen LogP contribution in [0.4, 0.5) is 0 Å². The number of imidazole rings is 1. The molecule has 1 aliphatic heterocycles. The summed E-state index contributed by atoms with van der Waals surface area (Å²) in [4.78, 5) is 10.3. The fourth-order valence-corrected chi connectivity index (χ4v) is 2.39. The first kappa shape index (κ1) is 12.0. The average Bonchev–Trinajstić information content (AvgIpc) is 2.82. The summed E-state index contributed by atoms with van der Waals surface area (Å²) in [7, 11) is 0. The van der Waals surface area contributed by atoms with E-state index in [-0.39, 0.29) is 0 Å². The molecule has 0 radical (unpaired) electrons. The summed E-state index contributed by atoms with van der Waals surface area (Å²) >= 11 is 3.32. The SMILES string of the molecule is OC(c1cnc2cnc(Br)cn12)N1CCOCC1. The number of hydrogen-bond donors (Lipinski definition) is 1. The molecule has 1 N–H and O–H groups in total. The molecule has 1 fully saturated rings. The lowest BCUT2D eigenvalue weighted by Gasteiger charge is -2.30. The Hall–Kier alpha value is -1.02. The van der Waals surface area contributed by atoms with Gasteiger partial charge in [-0.05, 0) is 15.9 Å². The monoisotopic (exact) mass is 312 g/mol. The molecule has 1 saturated heterocycles. The summed E-state index contributed by atoms with van der Waals surface area (Å²) in [5.74, 6) is 0. The van der Waals surface area contributed by atoms with Gasteiger partial charge < -0.3 is 9.84 Å². The van der Waals surface area contributed by atoms with E-state index in [9.17, 15) is 5.11 Å². The van der Waals surface area contributed by atoms with Crippen molar-refractivity contribution in [1.29, 1.82) is 0 Å². The van der Waals surface area contributed by atoms with Gasteiger partial charge in [0.1, 0.15) is 4.60 Å². The second kappa shape index (κ2) is 4.93. The van der Waals surface area contributed by atoms with E-state index in [0.29, 0.717) is 17.8 Å². The number of nitrogens with zero attached hydrogens (tertiary/aromatic N) is 4. The summed E-state index contributed by atoms with van der Waals surface area (Å²) in [5.41, 5.74) is 1.47. The number of aliphatic hydroxyl groups excluding tert-OH is 1. The lowest BCUT2D eigenvalue weighted by atomic mass is 10.3. The molecule has 0 amide bonds. The van der Waals surface area contributed by atoms with Gasteiger partial charge in [0.2, 0.25) is 0 Å². The zero-order chi connectivity index (χ0) is 12.5. The average molecular weight is 313 g/mol. The van der Waals surface area contributed by atoms with E-state index in [1.807, 2.05) is 9.30 Å². The van der Waals surface area contributed by atoms with Crippen molar-refractivity contribution in [3.8, 4) is 0 Å². The van der Waals surface area contributed by atoms with Crippen LogP contribution in [0.1, 0.15) is 11.9 Å². The Morgan fingerprint density at radius 1 is 1.28 bits per heavy atom. The van der Waals surface area contributed by atoms with Crippen LogP contribution in [-0.2, 0) is 4.74 Å². The quantitative estimate of drug-likeness (QED) is 0.889. The van der Waals surface area contributed by atoms with Gasteiger partial charge in [-0.1, -0.05) is 0 Å². The van der Waals surface area contributed by atoms with E-state index in [1.54, 1.807) is 18.6 Å². The lowest BCUT2D eigenvalue weighted by molar-refractivity contribution is -0.0626. The molecule has 1 aliphatic rings. The number of morpholine rings is 1. The molecular weight excluding hydrogens is 300 g/mol. The molecule has 6 nitrogen and oxygen atoms in total. The van der Waals surface area contributed by atoms with E-state index in [2.05, 4.69) is 25.9 Å². The number of fused-ring (bicyclic) bond motifs is 1. The first-order chi connectivity index (χ1) is 8.75. The van der Waals surface area contributed by atoms with E-state index in [4.69, 9.17) is 4.74 Å². The minimum Gasteiger partial charge on any atom is -0.379 e. The minimum absolute atomic E-state index is 0.652. The highest BCUT2D eigenvalue weighted by molar-refractivity contribution is 9.10. The highest BCUT2D eigenvalue weighted by Gasteiger charge is 2.23. The highest BCUT2D eigenvalue weighted by Crippen LogP contribution is 2.21. The zero-order valence-electron chi connectivity index (χ0n) is 9.66. The van der Waals surface area contributed by atoms with Gasteiger partial charge in [0, 0.05) is 19.3 Å². The molecule has 0 bridgehead atoms. The maximum Gasteiger partial charge on any atom is 0.155 e. The van der Waals surface area contributed by atoms with Crippen molar-refractivity contribution in [3.63, 3.8) is 0 Å². The van der Waals surface area contributed by atoms with Gasteiger partial charge in [-0.2, -0.15) is 0 Å². The third-order valence-electron chi connectivity index (χ3n) is 3.05. The first-order valence-electron chi connectivity index (χ1n) is 5.74. The van der Waals surface area contributed by atoms with Crippen LogP contribution in [0.2, 0.25) is 0 Å². The molecule has 3 heterocycles. The summed E-state index contributed by atoms with van der Waals surface area (Å²) in [6.45, 7) is 2.75. The predicted molar refractivity (Wildman–Crippen MR) is 68.0 cm³/mol. The van der Waals surface area contributed by atoms with Crippen molar-refractivity contribution in [2.45, 2.75) is 6.23 Å². The van der Waals surface area contributed by atoms with Crippen molar-refractivity contribution in [3.05, 3.63) is 28.9 Å². The first-order valence-corrected chi connectivity index (χ1v) is 6.53. The Bertz CT molecular complexity index is 553. The van der Waals surface area contributed by atoms with E-state index in [0.717, 1.165) is 24.4 Å². The highest BCUT2D eigenvalue weighted by atomic mass is 79.9. The third kappa shape index (κ3) is 2.14. The summed E-state index contributed by atoms with van der Waals surface area (Å²) in [6, 6.07) is 0. The van der Waals surface area contributed by atoms with Crippen LogP contribution in [-0.4, -0.2) is 50.7 Å². The Labute approximate surface area is 112 Å². The minimum atomic E-state index is -0.668. The van der Waals surface area contributed by atoms with Crippen LogP contribution in [0.3, 0.4) is 0 Å². The number of aromatic nitrogens is 3. The second-order valence-electron chi connectivity index (χ2n) is 4.14. The number of aliphatic hydroxyl groups is 1. The van der Waals surface area contributed by atoms with E-state index < -0.39 is 6.23 Å². The Balaban J connectivity index is 1.95. The van der Waals surface area contributed by atoms with Gasteiger partial charge in [-0.15, -0.1) is 0 Å². The second-order valence-corrected chi connectivity index (χ2v) is 4.96. The number of halogens is 1. The smallest absolute Gasteiger partial charge is 0.155 e.